The van der Waals surface area contributed by atoms with Gasteiger partial charge in [0.05, 0.1) is 32.9 Å². The van der Waals surface area contributed by atoms with E-state index in [4.69, 9.17) is 14.2 Å². The van der Waals surface area contributed by atoms with Crippen LogP contribution in [0.4, 0.5) is 0 Å². The van der Waals surface area contributed by atoms with Crippen LogP contribution in [0.15, 0.2) is 18.2 Å². The van der Waals surface area contributed by atoms with Crippen molar-refractivity contribution in [2.24, 2.45) is 0 Å². The van der Waals surface area contributed by atoms with Gasteiger partial charge in [-0.15, -0.1) is 11.3 Å². The average Bonchev–Trinajstić information content (AvgIpc) is 3.15. The van der Waals surface area contributed by atoms with Gasteiger partial charge in [0.2, 0.25) is 5.01 Å². The first-order valence-corrected chi connectivity index (χ1v) is 10.7. The number of fused-ring (bicyclic) bond motifs is 3. The van der Waals surface area contributed by atoms with Gasteiger partial charge in [-0.1, -0.05) is 25.7 Å². The van der Waals surface area contributed by atoms with E-state index in [1.54, 1.807) is 32.0 Å². The van der Waals surface area contributed by atoms with E-state index in [0.29, 0.717) is 22.6 Å². The maximum Gasteiger partial charge on any atom is 0.367 e. The van der Waals surface area contributed by atoms with Crippen LogP contribution in [0.1, 0.15) is 60.3 Å². The Balaban J connectivity index is 0.00000166. The Hall–Kier alpha value is -2.89. The highest BCUT2D eigenvalue weighted by Gasteiger charge is 2.31. The number of hydrogen-bond donors (Lipinski definition) is 1. The first-order valence-electron chi connectivity index (χ1n) is 9.90. The Bertz CT molecular complexity index is 1010. The summed E-state index contributed by atoms with van der Waals surface area (Å²) in [5.74, 6) is 5.05. The number of aromatic nitrogens is 1. The van der Waals surface area contributed by atoms with Crippen molar-refractivity contribution in [1.29, 1.82) is 0 Å². The second-order valence-corrected chi connectivity index (χ2v) is 8.06. The second-order valence-electron chi connectivity index (χ2n) is 7.03. The third-order valence-corrected chi connectivity index (χ3v) is 5.41. The SMILES string of the molecule is CC.COC(=O)CC1COc2ccc(C#CC(C)(C)O)cc2-c2nc(C(=O)OC)sc21. The fourth-order valence-corrected chi connectivity index (χ4v) is 3.90. The molecular weight excluding hydrogens is 418 g/mol. The van der Waals surface area contributed by atoms with Gasteiger partial charge in [-0.05, 0) is 32.0 Å². The standard InChI is InChI=1S/C21H21NO6S.C2H6/c1-21(2,25)8-7-12-5-6-15-14(9-12)17-18(29-19(22-17)20(24)27-4)13(11-28-15)10-16(23)26-3;1-2/h5-6,9,13,25H,10-11H2,1-4H3;1-2H3. The third kappa shape index (κ3) is 6.06. The predicted octanol–water partition coefficient (Wildman–Crippen LogP) is 3.78. The van der Waals surface area contributed by atoms with Gasteiger partial charge < -0.3 is 19.3 Å². The number of esters is 2. The number of ether oxygens (including phenoxy) is 3. The number of rotatable bonds is 3. The fourth-order valence-electron chi connectivity index (χ4n) is 2.82. The Morgan fingerprint density at radius 3 is 2.61 bits per heavy atom. The van der Waals surface area contributed by atoms with Gasteiger partial charge >= 0.3 is 11.9 Å². The minimum atomic E-state index is -1.13. The van der Waals surface area contributed by atoms with E-state index < -0.39 is 11.6 Å². The van der Waals surface area contributed by atoms with Crippen LogP contribution in [0.5, 0.6) is 5.75 Å². The monoisotopic (exact) mass is 445 g/mol. The van der Waals surface area contributed by atoms with E-state index in [-0.39, 0.29) is 29.9 Å². The van der Waals surface area contributed by atoms with Crippen molar-refractivity contribution < 1.29 is 28.9 Å². The van der Waals surface area contributed by atoms with Crippen molar-refractivity contribution in [2.45, 2.75) is 45.6 Å². The van der Waals surface area contributed by atoms with Crippen LogP contribution in [0.3, 0.4) is 0 Å². The Kier molecular flexibility index (Phi) is 8.20. The lowest BCUT2D eigenvalue weighted by Gasteiger charge is -2.12. The molecule has 0 saturated carbocycles. The molecule has 0 amide bonds. The smallest absolute Gasteiger partial charge is 0.367 e. The van der Waals surface area contributed by atoms with Gasteiger partial charge in [0, 0.05) is 21.9 Å². The zero-order chi connectivity index (χ0) is 23.2. The molecule has 1 aliphatic heterocycles. The minimum Gasteiger partial charge on any atom is -0.492 e. The molecule has 166 valence electrons. The molecule has 2 aromatic rings. The van der Waals surface area contributed by atoms with E-state index in [1.165, 1.54) is 25.6 Å². The first-order chi connectivity index (χ1) is 14.7. The quantitative estimate of drug-likeness (QED) is 0.567. The van der Waals surface area contributed by atoms with Crippen molar-refractivity contribution in [3.05, 3.63) is 33.6 Å². The molecular formula is C23H27NO6S. The third-order valence-electron chi connectivity index (χ3n) is 4.21. The van der Waals surface area contributed by atoms with Gasteiger partial charge in [0.15, 0.2) is 0 Å². The zero-order valence-corrected chi connectivity index (χ0v) is 19.4. The summed E-state index contributed by atoms with van der Waals surface area (Å²) in [5.41, 5.74) is 0.767. The lowest BCUT2D eigenvalue weighted by molar-refractivity contribution is -0.141. The second kappa shape index (κ2) is 10.4. The summed E-state index contributed by atoms with van der Waals surface area (Å²) < 4.78 is 15.5. The maximum absolute atomic E-state index is 12.0. The Morgan fingerprint density at radius 2 is 2.00 bits per heavy atom. The summed E-state index contributed by atoms with van der Waals surface area (Å²) in [5, 5.41) is 10.1. The zero-order valence-electron chi connectivity index (χ0n) is 18.6. The molecule has 7 nitrogen and oxygen atoms in total. The summed E-state index contributed by atoms with van der Waals surface area (Å²) in [6.07, 6.45) is 0.103. The number of hydrogen-bond acceptors (Lipinski definition) is 8. The van der Waals surface area contributed by atoms with E-state index >= 15 is 0 Å². The van der Waals surface area contributed by atoms with Gasteiger partial charge in [-0.3, -0.25) is 4.79 Å². The molecule has 3 rings (SSSR count). The Morgan fingerprint density at radius 1 is 1.29 bits per heavy atom. The van der Waals surface area contributed by atoms with E-state index in [1.807, 2.05) is 13.8 Å². The van der Waals surface area contributed by atoms with E-state index in [9.17, 15) is 14.7 Å². The van der Waals surface area contributed by atoms with Crippen LogP contribution in [0.2, 0.25) is 0 Å². The van der Waals surface area contributed by atoms with E-state index in [0.717, 1.165) is 4.88 Å². The minimum absolute atomic E-state index is 0.103. The largest absolute Gasteiger partial charge is 0.492 e. The lowest BCUT2D eigenvalue weighted by Crippen LogP contribution is -2.14. The Labute approximate surface area is 186 Å². The van der Waals surface area contributed by atoms with Crippen LogP contribution < -0.4 is 4.74 Å². The van der Waals surface area contributed by atoms with Crippen LogP contribution in [-0.4, -0.2) is 48.5 Å². The molecule has 0 bridgehead atoms. The van der Waals surface area contributed by atoms with Gasteiger partial charge in [0.25, 0.3) is 0 Å². The summed E-state index contributed by atoms with van der Waals surface area (Å²) in [6.45, 7) is 7.45. The van der Waals surface area contributed by atoms with Gasteiger partial charge in [-0.2, -0.15) is 0 Å². The molecule has 0 spiro atoms. The summed E-state index contributed by atoms with van der Waals surface area (Å²) in [7, 11) is 2.62. The molecule has 8 heteroatoms. The lowest BCUT2D eigenvalue weighted by atomic mass is 10.00. The van der Waals surface area contributed by atoms with Crippen molar-refractivity contribution in [2.75, 3.05) is 20.8 Å². The highest BCUT2D eigenvalue weighted by atomic mass is 32.1. The van der Waals surface area contributed by atoms with Gasteiger partial charge in [-0.25, -0.2) is 9.78 Å². The molecule has 1 unspecified atom stereocenters. The molecule has 1 aromatic heterocycles. The van der Waals surface area contributed by atoms with Crippen LogP contribution >= 0.6 is 11.3 Å². The van der Waals surface area contributed by atoms with Crippen molar-refractivity contribution in [1.82, 2.24) is 4.98 Å². The summed E-state index contributed by atoms with van der Waals surface area (Å²) in [4.78, 5) is 29.1. The molecule has 2 heterocycles. The molecule has 0 fully saturated rings. The number of nitrogens with zero attached hydrogens (tertiary/aromatic N) is 1. The molecule has 1 aromatic carbocycles. The maximum atomic E-state index is 12.0. The molecule has 1 atom stereocenters. The first kappa shape index (κ1) is 24.4. The average molecular weight is 446 g/mol. The number of thiazole rings is 1. The molecule has 31 heavy (non-hydrogen) atoms. The van der Waals surface area contributed by atoms with Crippen molar-refractivity contribution >= 4 is 23.3 Å². The fraction of sp³-hybridized carbons (Fsp3) is 0.435. The predicted molar refractivity (Wildman–Crippen MR) is 118 cm³/mol. The van der Waals surface area contributed by atoms with Crippen LogP contribution in [0.25, 0.3) is 11.3 Å². The van der Waals surface area contributed by atoms with E-state index in [2.05, 4.69) is 16.8 Å². The molecule has 0 aliphatic carbocycles. The number of methoxy groups -OCH3 is 2. The molecule has 1 aliphatic rings. The van der Waals surface area contributed by atoms with Crippen molar-refractivity contribution in [3.63, 3.8) is 0 Å². The molecule has 0 radical (unpaired) electrons. The number of benzene rings is 1. The topological polar surface area (TPSA) is 95.0 Å². The number of aliphatic hydroxyl groups is 1. The van der Waals surface area contributed by atoms with Gasteiger partial charge in [0.1, 0.15) is 11.4 Å². The van der Waals surface area contributed by atoms with Crippen molar-refractivity contribution in [3.8, 4) is 28.8 Å². The highest BCUT2D eigenvalue weighted by Crippen LogP contribution is 2.43. The highest BCUT2D eigenvalue weighted by molar-refractivity contribution is 7.14. The molecule has 0 saturated heterocycles. The van der Waals surface area contributed by atoms with Crippen LogP contribution in [-0.2, 0) is 14.3 Å². The normalized spacial score (nSPS) is 14.2. The number of carbonyl (C=O) groups excluding carboxylic acids is 2. The number of carbonyl (C=O) groups is 2. The molecule has 1 N–H and O–H groups in total. The summed E-state index contributed by atoms with van der Waals surface area (Å²) >= 11 is 1.18. The van der Waals surface area contributed by atoms with Crippen LogP contribution in [0, 0.1) is 11.8 Å². The summed E-state index contributed by atoms with van der Waals surface area (Å²) in [6, 6.07) is 5.35.